The highest BCUT2D eigenvalue weighted by molar-refractivity contribution is 6.17. The van der Waals surface area contributed by atoms with E-state index in [0.717, 1.165) is 18.6 Å². The van der Waals surface area contributed by atoms with Gasteiger partial charge in [-0.15, -0.1) is 11.6 Å². The summed E-state index contributed by atoms with van der Waals surface area (Å²) in [5.41, 5.74) is 1.02. The summed E-state index contributed by atoms with van der Waals surface area (Å²) >= 11 is 5.71. The van der Waals surface area contributed by atoms with Gasteiger partial charge in [-0.1, -0.05) is 0 Å². The first-order valence-electron chi connectivity index (χ1n) is 4.64. The Morgan fingerprint density at radius 3 is 3.29 bits per heavy atom. The highest BCUT2D eigenvalue weighted by Gasteiger charge is 2.17. The average Bonchev–Trinajstić information content (AvgIpc) is 2.71. The third-order valence-corrected chi connectivity index (χ3v) is 2.44. The Morgan fingerprint density at radius 1 is 1.64 bits per heavy atom. The van der Waals surface area contributed by atoms with Crippen molar-refractivity contribution in [1.29, 1.82) is 0 Å². The molecule has 0 bridgehead atoms. The van der Waals surface area contributed by atoms with Crippen molar-refractivity contribution in [1.82, 2.24) is 4.98 Å². The highest BCUT2D eigenvalue weighted by atomic mass is 35.5. The fourth-order valence-corrected chi connectivity index (χ4v) is 1.54. The summed E-state index contributed by atoms with van der Waals surface area (Å²) in [5, 5.41) is 0. The minimum Gasteiger partial charge on any atom is -0.472 e. The monoisotopic (exact) mass is 213 g/mol. The van der Waals surface area contributed by atoms with Gasteiger partial charge in [-0.25, -0.2) is 4.98 Å². The van der Waals surface area contributed by atoms with Gasteiger partial charge < -0.3 is 9.47 Å². The predicted octanol–water partition coefficient (Wildman–Crippen LogP) is 1.99. The average molecular weight is 214 g/mol. The lowest BCUT2D eigenvalue weighted by Gasteiger charge is -2.10. The molecule has 0 radical (unpaired) electrons. The first-order chi connectivity index (χ1) is 6.88. The molecule has 4 heteroatoms. The summed E-state index contributed by atoms with van der Waals surface area (Å²) < 4.78 is 10.8. The minimum atomic E-state index is 0.146. The molecule has 1 aliphatic rings. The largest absolute Gasteiger partial charge is 0.472 e. The van der Waals surface area contributed by atoms with Gasteiger partial charge in [0.25, 0.3) is 0 Å². The van der Waals surface area contributed by atoms with Crippen LogP contribution in [0.4, 0.5) is 0 Å². The summed E-state index contributed by atoms with van der Waals surface area (Å²) in [5.74, 6) is 1.12. The Kier molecular flexibility index (Phi) is 3.22. The minimum absolute atomic E-state index is 0.146. The second-order valence-electron chi connectivity index (χ2n) is 3.24. The van der Waals surface area contributed by atoms with Gasteiger partial charge in [0.05, 0.1) is 13.2 Å². The lowest BCUT2D eigenvalue weighted by molar-refractivity contribution is 0.138. The van der Waals surface area contributed by atoms with Gasteiger partial charge >= 0.3 is 0 Å². The van der Waals surface area contributed by atoms with Crippen molar-refractivity contribution < 1.29 is 9.47 Å². The Morgan fingerprint density at radius 2 is 2.57 bits per heavy atom. The third-order valence-electron chi connectivity index (χ3n) is 2.13. The molecule has 2 heterocycles. The number of aromatic nitrogens is 1. The maximum absolute atomic E-state index is 5.71. The molecule has 14 heavy (non-hydrogen) atoms. The number of rotatable bonds is 3. The van der Waals surface area contributed by atoms with Crippen LogP contribution in [0.2, 0.25) is 0 Å². The van der Waals surface area contributed by atoms with Gasteiger partial charge in [-0.2, -0.15) is 0 Å². The number of hydrogen-bond acceptors (Lipinski definition) is 3. The van der Waals surface area contributed by atoms with Gasteiger partial charge in [0.15, 0.2) is 0 Å². The number of pyridine rings is 1. The maximum Gasteiger partial charge on any atom is 0.213 e. The molecule has 1 unspecified atom stereocenters. The first kappa shape index (κ1) is 9.74. The fraction of sp³-hybridized carbons (Fsp3) is 0.500. The van der Waals surface area contributed by atoms with E-state index in [2.05, 4.69) is 4.98 Å². The van der Waals surface area contributed by atoms with Crippen LogP contribution in [-0.2, 0) is 10.6 Å². The van der Waals surface area contributed by atoms with Crippen molar-refractivity contribution in [3.63, 3.8) is 0 Å². The SMILES string of the molecule is ClCc1ccnc(OC2CCOC2)c1. The molecule has 1 saturated heterocycles. The molecule has 0 aliphatic carbocycles. The van der Waals surface area contributed by atoms with Crippen LogP contribution < -0.4 is 4.74 Å². The van der Waals surface area contributed by atoms with Crippen LogP contribution >= 0.6 is 11.6 Å². The normalized spacial score (nSPS) is 21.1. The smallest absolute Gasteiger partial charge is 0.213 e. The van der Waals surface area contributed by atoms with E-state index >= 15 is 0 Å². The van der Waals surface area contributed by atoms with E-state index in [1.54, 1.807) is 6.20 Å². The molecule has 3 nitrogen and oxygen atoms in total. The van der Waals surface area contributed by atoms with Gasteiger partial charge in [-0.05, 0) is 11.6 Å². The molecular weight excluding hydrogens is 202 g/mol. The summed E-state index contributed by atoms with van der Waals surface area (Å²) in [6.07, 6.45) is 2.79. The number of ether oxygens (including phenoxy) is 2. The Hall–Kier alpha value is -0.800. The molecule has 0 spiro atoms. The van der Waals surface area contributed by atoms with Gasteiger partial charge in [0.1, 0.15) is 6.10 Å². The van der Waals surface area contributed by atoms with E-state index in [1.165, 1.54) is 0 Å². The van der Waals surface area contributed by atoms with E-state index in [0.29, 0.717) is 18.4 Å². The van der Waals surface area contributed by atoms with E-state index in [9.17, 15) is 0 Å². The molecule has 76 valence electrons. The van der Waals surface area contributed by atoms with E-state index < -0.39 is 0 Å². The standard InChI is InChI=1S/C10H12ClNO2/c11-6-8-1-3-12-10(5-8)14-9-2-4-13-7-9/h1,3,5,9H,2,4,6-7H2. The Balaban J connectivity index is 2.00. The van der Waals surface area contributed by atoms with Crippen molar-refractivity contribution in [2.45, 2.75) is 18.4 Å². The number of nitrogens with zero attached hydrogens (tertiary/aromatic N) is 1. The molecule has 0 saturated carbocycles. The van der Waals surface area contributed by atoms with Crippen molar-refractivity contribution in [2.24, 2.45) is 0 Å². The number of alkyl halides is 1. The molecule has 1 aliphatic heterocycles. The van der Waals surface area contributed by atoms with Crippen LogP contribution in [0.15, 0.2) is 18.3 Å². The lowest BCUT2D eigenvalue weighted by atomic mass is 10.3. The van der Waals surface area contributed by atoms with Crippen molar-refractivity contribution in [3.05, 3.63) is 23.9 Å². The molecular formula is C10H12ClNO2. The summed E-state index contributed by atoms with van der Waals surface area (Å²) in [4.78, 5) is 4.11. The quantitative estimate of drug-likeness (QED) is 0.720. The van der Waals surface area contributed by atoms with Crippen molar-refractivity contribution >= 4 is 11.6 Å². The molecule has 0 aromatic carbocycles. The topological polar surface area (TPSA) is 31.4 Å². The zero-order valence-electron chi connectivity index (χ0n) is 7.78. The molecule has 1 atom stereocenters. The van der Waals surface area contributed by atoms with Gasteiger partial charge in [0, 0.05) is 24.6 Å². The molecule has 0 amide bonds. The third kappa shape index (κ3) is 2.36. The zero-order valence-corrected chi connectivity index (χ0v) is 8.54. The predicted molar refractivity (Wildman–Crippen MR) is 53.6 cm³/mol. The Labute approximate surface area is 88.0 Å². The molecule has 1 aromatic heterocycles. The van der Waals surface area contributed by atoms with Crippen LogP contribution in [0, 0.1) is 0 Å². The van der Waals surface area contributed by atoms with Crippen LogP contribution in [-0.4, -0.2) is 24.3 Å². The van der Waals surface area contributed by atoms with Crippen LogP contribution in [0.5, 0.6) is 5.88 Å². The highest BCUT2D eigenvalue weighted by Crippen LogP contribution is 2.16. The summed E-state index contributed by atoms with van der Waals surface area (Å²) in [6.45, 7) is 1.44. The fourth-order valence-electron chi connectivity index (χ4n) is 1.37. The van der Waals surface area contributed by atoms with Crippen LogP contribution in [0.3, 0.4) is 0 Å². The molecule has 1 aromatic rings. The second-order valence-corrected chi connectivity index (χ2v) is 3.51. The first-order valence-corrected chi connectivity index (χ1v) is 5.17. The van der Waals surface area contributed by atoms with Gasteiger partial charge in [-0.3, -0.25) is 0 Å². The van der Waals surface area contributed by atoms with E-state index in [1.807, 2.05) is 12.1 Å². The van der Waals surface area contributed by atoms with Crippen molar-refractivity contribution in [3.8, 4) is 5.88 Å². The van der Waals surface area contributed by atoms with E-state index in [-0.39, 0.29) is 6.10 Å². The van der Waals surface area contributed by atoms with E-state index in [4.69, 9.17) is 21.1 Å². The number of hydrogen-bond donors (Lipinski definition) is 0. The summed E-state index contributed by atoms with van der Waals surface area (Å²) in [6, 6.07) is 3.75. The van der Waals surface area contributed by atoms with Gasteiger partial charge in [0.2, 0.25) is 5.88 Å². The summed E-state index contributed by atoms with van der Waals surface area (Å²) in [7, 11) is 0. The van der Waals surface area contributed by atoms with Crippen molar-refractivity contribution in [2.75, 3.05) is 13.2 Å². The second kappa shape index (κ2) is 4.62. The lowest BCUT2D eigenvalue weighted by Crippen LogP contribution is -2.16. The molecule has 0 N–H and O–H groups in total. The maximum atomic E-state index is 5.71. The van der Waals surface area contributed by atoms with Crippen LogP contribution in [0.1, 0.15) is 12.0 Å². The molecule has 2 rings (SSSR count). The number of halogens is 1. The molecule has 1 fully saturated rings. The Bertz CT molecular complexity index is 300. The van der Waals surface area contributed by atoms with Crippen LogP contribution in [0.25, 0.3) is 0 Å². The zero-order chi connectivity index (χ0) is 9.80.